The molecule has 0 N–H and O–H groups in total. The van der Waals surface area contributed by atoms with E-state index in [1.807, 2.05) is 0 Å². The van der Waals surface area contributed by atoms with E-state index in [-0.39, 0.29) is 29.9 Å². The van der Waals surface area contributed by atoms with E-state index < -0.39 is 0 Å². The molecule has 0 radical (unpaired) electrons. The van der Waals surface area contributed by atoms with Crippen molar-refractivity contribution in [2.24, 2.45) is 11.8 Å². The molecule has 0 bridgehead atoms. The molecule has 0 unspecified atom stereocenters. The van der Waals surface area contributed by atoms with E-state index in [2.05, 4.69) is 11.9 Å². The van der Waals surface area contributed by atoms with Gasteiger partial charge in [-0.1, -0.05) is 6.92 Å². The maximum Gasteiger partial charge on any atom is 0.309 e. The van der Waals surface area contributed by atoms with E-state index in [0.29, 0.717) is 43.8 Å². The topological polar surface area (TPSA) is 81.5 Å². The second kappa shape index (κ2) is 8.26. The van der Waals surface area contributed by atoms with Gasteiger partial charge in [-0.05, 0) is 50.5 Å². The van der Waals surface area contributed by atoms with Crippen LogP contribution in [0.2, 0.25) is 0 Å². The molecule has 2 aliphatic rings. The predicted molar refractivity (Wildman–Crippen MR) is 111 cm³/mol. The smallest absolute Gasteiger partial charge is 0.309 e. The molecule has 1 fully saturated rings. The van der Waals surface area contributed by atoms with E-state index >= 15 is 0 Å². The Kier molecular flexibility index (Phi) is 5.72. The summed E-state index contributed by atoms with van der Waals surface area (Å²) in [6, 6.07) is 0. The lowest BCUT2D eigenvalue weighted by atomic mass is 9.89. The average Bonchev–Trinajstić information content (AvgIpc) is 3.08. The monoisotopic (exact) mass is 417 g/mol. The van der Waals surface area contributed by atoms with Gasteiger partial charge in [0.2, 0.25) is 5.91 Å². The SMILES string of the molecule is CCOC(=O)C1CCN(C(=O)Cn2cnc3sc4c(c3c2=O)CC[C@H](C)C4)CC1. The van der Waals surface area contributed by atoms with Crippen LogP contribution in [-0.2, 0) is 33.7 Å². The molecule has 1 aliphatic carbocycles. The summed E-state index contributed by atoms with van der Waals surface area (Å²) in [5.41, 5.74) is 1.02. The lowest BCUT2D eigenvalue weighted by molar-refractivity contribution is -0.151. The number of esters is 1. The van der Waals surface area contributed by atoms with Gasteiger partial charge in [-0.15, -0.1) is 11.3 Å². The summed E-state index contributed by atoms with van der Waals surface area (Å²) in [4.78, 5) is 46.0. The summed E-state index contributed by atoms with van der Waals surface area (Å²) in [7, 11) is 0. The summed E-state index contributed by atoms with van der Waals surface area (Å²) < 4.78 is 6.52. The van der Waals surface area contributed by atoms with Crippen molar-refractivity contribution in [1.82, 2.24) is 14.5 Å². The van der Waals surface area contributed by atoms with Gasteiger partial charge in [0.25, 0.3) is 5.56 Å². The summed E-state index contributed by atoms with van der Waals surface area (Å²) in [6.07, 6.45) is 5.71. The largest absolute Gasteiger partial charge is 0.466 e. The van der Waals surface area contributed by atoms with Crippen LogP contribution in [-0.4, -0.2) is 46.0 Å². The number of aromatic nitrogens is 2. The number of rotatable bonds is 4. The Hall–Kier alpha value is -2.22. The van der Waals surface area contributed by atoms with Crippen molar-refractivity contribution in [1.29, 1.82) is 0 Å². The number of aryl methyl sites for hydroxylation is 1. The summed E-state index contributed by atoms with van der Waals surface area (Å²) in [6.45, 7) is 5.43. The maximum absolute atomic E-state index is 13.1. The second-order valence-electron chi connectivity index (χ2n) is 8.12. The van der Waals surface area contributed by atoms with Crippen molar-refractivity contribution >= 4 is 33.4 Å². The second-order valence-corrected chi connectivity index (χ2v) is 9.20. The molecule has 1 aliphatic heterocycles. The summed E-state index contributed by atoms with van der Waals surface area (Å²) in [5, 5.41) is 0.702. The highest BCUT2D eigenvalue weighted by atomic mass is 32.1. The lowest BCUT2D eigenvalue weighted by Crippen LogP contribution is -2.43. The molecule has 1 saturated heterocycles. The number of amides is 1. The standard InChI is InChI=1S/C21H27N3O4S/c1-3-28-21(27)14-6-8-23(9-7-14)17(25)11-24-12-22-19-18(20(24)26)15-5-4-13(2)10-16(15)29-19/h12-14H,3-11H2,1-2H3/t13-/m0/s1. The molecule has 0 spiro atoms. The molecular weight excluding hydrogens is 390 g/mol. The average molecular weight is 418 g/mol. The fourth-order valence-electron chi connectivity index (χ4n) is 4.35. The van der Waals surface area contributed by atoms with Gasteiger partial charge in [0, 0.05) is 18.0 Å². The summed E-state index contributed by atoms with van der Waals surface area (Å²) >= 11 is 1.62. The van der Waals surface area contributed by atoms with Crippen LogP contribution in [0.25, 0.3) is 10.2 Å². The number of ether oxygens (including phenoxy) is 1. The minimum atomic E-state index is -0.179. The molecule has 156 valence electrons. The Morgan fingerprint density at radius 2 is 2.03 bits per heavy atom. The first-order chi connectivity index (χ1) is 14.0. The zero-order valence-corrected chi connectivity index (χ0v) is 17.8. The van der Waals surface area contributed by atoms with E-state index in [4.69, 9.17) is 4.74 Å². The molecule has 4 rings (SSSR count). The first-order valence-corrected chi connectivity index (χ1v) is 11.2. The van der Waals surface area contributed by atoms with Crippen molar-refractivity contribution < 1.29 is 14.3 Å². The molecule has 29 heavy (non-hydrogen) atoms. The van der Waals surface area contributed by atoms with E-state index in [0.717, 1.165) is 29.7 Å². The number of carbonyl (C=O) groups is 2. The minimum Gasteiger partial charge on any atom is -0.466 e. The van der Waals surface area contributed by atoms with Crippen molar-refractivity contribution in [3.05, 3.63) is 27.1 Å². The van der Waals surface area contributed by atoms with Crippen molar-refractivity contribution in [2.75, 3.05) is 19.7 Å². The first-order valence-electron chi connectivity index (χ1n) is 10.4. The number of hydrogen-bond donors (Lipinski definition) is 0. The zero-order valence-electron chi connectivity index (χ0n) is 17.0. The van der Waals surface area contributed by atoms with Crippen molar-refractivity contribution in [2.45, 2.75) is 52.5 Å². The highest BCUT2D eigenvalue weighted by molar-refractivity contribution is 7.18. The molecule has 1 amide bonds. The van der Waals surface area contributed by atoms with Gasteiger partial charge < -0.3 is 9.64 Å². The quantitative estimate of drug-likeness (QED) is 0.714. The number of likely N-dealkylation sites (tertiary alicyclic amines) is 1. The fraction of sp³-hybridized carbons (Fsp3) is 0.619. The molecule has 3 heterocycles. The molecule has 8 heteroatoms. The first kappa shape index (κ1) is 20.1. The van der Waals surface area contributed by atoms with Crippen LogP contribution in [0.15, 0.2) is 11.1 Å². The van der Waals surface area contributed by atoms with Gasteiger partial charge in [-0.2, -0.15) is 0 Å². The molecule has 2 aromatic heterocycles. The normalized spacial score (nSPS) is 19.9. The van der Waals surface area contributed by atoms with Crippen molar-refractivity contribution in [3.8, 4) is 0 Å². The number of hydrogen-bond acceptors (Lipinski definition) is 6. The van der Waals surface area contributed by atoms with Gasteiger partial charge >= 0.3 is 5.97 Å². The number of thiophene rings is 1. The summed E-state index contributed by atoms with van der Waals surface area (Å²) in [5.74, 6) is 0.214. The molecule has 1 atom stereocenters. The third-order valence-corrected chi connectivity index (χ3v) is 7.22. The van der Waals surface area contributed by atoms with Gasteiger partial charge in [0.05, 0.1) is 24.2 Å². The van der Waals surface area contributed by atoms with Crippen LogP contribution in [0.5, 0.6) is 0 Å². The number of piperidine rings is 1. The third-order valence-electron chi connectivity index (χ3n) is 6.06. The highest BCUT2D eigenvalue weighted by Gasteiger charge is 2.29. The third kappa shape index (κ3) is 3.95. The highest BCUT2D eigenvalue weighted by Crippen LogP contribution is 2.35. The van der Waals surface area contributed by atoms with Crippen LogP contribution in [0.4, 0.5) is 0 Å². The molecule has 7 nitrogen and oxygen atoms in total. The van der Waals surface area contributed by atoms with Crippen LogP contribution in [0, 0.1) is 11.8 Å². The Labute approximate surface area is 173 Å². The van der Waals surface area contributed by atoms with E-state index in [9.17, 15) is 14.4 Å². The van der Waals surface area contributed by atoms with Gasteiger partial charge in [0.1, 0.15) is 11.4 Å². The number of nitrogens with zero attached hydrogens (tertiary/aromatic N) is 3. The van der Waals surface area contributed by atoms with Crippen LogP contribution < -0.4 is 5.56 Å². The van der Waals surface area contributed by atoms with Crippen LogP contribution >= 0.6 is 11.3 Å². The van der Waals surface area contributed by atoms with E-state index in [1.165, 1.54) is 15.8 Å². The molecular formula is C21H27N3O4S. The van der Waals surface area contributed by atoms with Crippen LogP contribution in [0.1, 0.15) is 43.6 Å². The Morgan fingerprint density at radius 1 is 1.28 bits per heavy atom. The van der Waals surface area contributed by atoms with E-state index in [1.54, 1.807) is 23.2 Å². The van der Waals surface area contributed by atoms with Gasteiger partial charge in [-0.25, -0.2) is 4.98 Å². The Bertz CT molecular complexity index is 988. The van der Waals surface area contributed by atoms with Crippen molar-refractivity contribution in [3.63, 3.8) is 0 Å². The lowest BCUT2D eigenvalue weighted by Gasteiger charge is -2.31. The Balaban J connectivity index is 1.47. The maximum atomic E-state index is 13.1. The fourth-order valence-corrected chi connectivity index (χ4v) is 5.69. The number of fused-ring (bicyclic) bond motifs is 3. The Morgan fingerprint density at radius 3 is 2.76 bits per heavy atom. The molecule has 0 saturated carbocycles. The van der Waals surface area contributed by atoms with Gasteiger partial charge in [-0.3, -0.25) is 19.0 Å². The molecule has 2 aromatic rings. The number of carbonyl (C=O) groups excluding carboxylic acids is 2. The minimum absolute atomic E-state index is 0.00707. The predicted octanol–water partition coefficient (Wildman–Crippen LogP) is 2.38. The zero-order chi connectivity index (χ0) is 20.5. The van der Waals surface area contributed by atoms with Gasteiger partial charge in [0.15, 0.2) is 0 Å². The molecule has 0 aromatic carbocycles. The van der Waals surface area contributed by atoms with Crippen LogP contribution in [0.3, 0.4) is 0 Å².